The third kappa shape index (κ3) is 2.26. The molecule has 0 amide bonds. The smallest absolute Gasteiger partial charge is 0.337 e. The van der Waals surface area contributed by atoms with Crippen molar-refractivity contribution in [3.05, 3.63) is 66.4 Å². The molecule has 20 heavy (non-hydrogen) atoms. The van der Waals surface area contributed by atoms with E-state index in [4.69, 9.17) is 0 Å². The SMILES string of the molecule is COC(=O)c1ccc(-c2cc3ccccc3cn2)cc1. The van der Waals surface area contributed by atoms with Crippen LogP contribution in [0.25, 0.3) is 22.0 Å². The summed E-state index contributed by atoms with van der Waals surface area (Å²) >= 11 is 0. The Hall–Kier alpha value is -2.68. The van der Waals surface area contributed by atoms with E-state index in [1.54, 1.807) is 12.1 Å². The average molecular weight is 263 g/mol. The lowest BCUT2D eigenvalue weighted by Gasteiger charge is -2.04. The normalized spacial score (nSPS) is 10.4. The summed E-state index contributed by atoms with van der Waals surface area (Å²) in [4.78, 5) is 15.9. The van der Waals surface area contributed by atoms with Gasteiger partial charge in [-0.25, -0.2) is 4.79 Å². The van der Waals surface area contributed by atoms with Crippen LogP contribution in [0.15, 0.2) is 60.8 Å². The first-order valence-corrected chi connectivity index (χ1v) is 6.31. The van der Waals surface area contributed by atoms with E-state index in [9.17, 15) is 4.79 Å². The van der Waals surface area contributed by atoms with Crippen molar-refractivity contribution in [2.45, 2.75) is 0 Å². The molecule has 1 aromatic heterocycles. The summed E-state index contributed by atoms with van der Waals surface area (Å²) in [6, 6.07) is 17.4. The van der Waals surface area contributed by atoms with Crippen molar-refractivity contribution in [3.63, 3.8) is 0 Å². The van der Waals surface area contributed by atoms with Gasteiger partial charge in [-0.3, -0.25) is 4.98 Å². The number of hydrogen-bond donors (Lipinski definition) is 0. The highest BCUT2D eigenvalue weighted by Crippen LogP contribution is 2.22. The van der Waals surface area contributed by atoms with Crippen molar-refractivity contribution >= 4 is 16.7 Å². The zero-order valence-electron chi connectivity index (χ0n) is 11.0. The first-order valence-electron chi connectivity index (χ1n) is 6.31. The summed E-state index contributed by atoms with van der Waals surface area (Å²) in [5, 5.41) is 2.26. The number of ether oxygens (including phenoxy) is 1. The number of methoxy groups -OCH3 is 1. The van der Waals surface area contributed by atoms with Gasteiger partial charge in [0.25, 0.3) is 0 Å². The molecule has 3 heteroatoms. The van der Waals surface area contributed by atoms with E-state index in [0.29, 0.717) is 5.56 Å². The molecule has 1 heterocycles. The standard InChI is InChI=1S/C17H13NO2/c1-20-17(19)13-8-6-12(7-9-13)16-10-14-4-2-3-5-15(14)11-18-16/h2-11H,1H3. The summed E-state index contributed by atoms with van der Waals surface area (Å²) in [6.45, 7) is 0. The molecule has 3 aromatic rings. The number of carbonyl (C=O) groups is 1. The van der Waals surface area contributed by atoms with Crippen LogP contribution < -0.4 is 0 Å². The van der Waals surface area contributed by atoms with Crippen molar-refractivity contribution in [1.29, 1.82) is 0 Å². The molecule has 0 radical (unpaired) electrons. The molecular weight excluding hydrogens is 250 g/mol. The van der Waals surface area contributed by atoms with Gasteiger partial charge in [-0.2, -0.15) is 0 Å². The van der Waals surface area contributed by atoms with Gasteiger partial charge in [0, 0.05) is 17.1 Å². The summed E-state index contributed by atoms with van der Waals surface area (Å²) < 4.78 is 4.68. The van der Waals surface area contributed by atoms with Crippen molar-refractivity contribution in [3.8, 4) is 11.3 Å². The second kappa shape index (κ2) is 5.13. The van der Waals surface area contributed by atoms with Crippen LogP contribution in [0.2, 0.25) is 0 Å². The topological polar surface area (TPSA) is 39.2 Å². The molecule has 0 bridgehead atoms. The van der Waals surface area contributed by atoms with E-state index >= 15 is 0 Å². The average Bonchev–Trinajstić information content (AvgIpc) is 2.54. The lowest BCUT2D eigenvalue weighted by molar-refractivity contribution is 0.0601. The second-order valence-corrected chi connectivity index (χ2v) is 4.49. The van der Waals surface area contributed by atoms with Gasteiger partial charge < -0.3 is 4.74 Å². The second-order valence-electron chi connectivity index (χ2n) is 4.49. The van der Waals surface area contributed by atoms with E-state index in [1.807, 2.05) is 42.6 Å². The predicted octanol–water partition coefficient (Wildman–Crippen LogP) is 3.69. The Morgan fingerprint density at radius 1 is 1.00 bits per heavy atom. The molecule has 0 aliphatic heterocycles. The van der Waals surface area contributed by atoms with Crippen LogP contribution in [0, 0.1) is 0 Å². The Balaban J connectivity index is 2.00. The Morgan fingerprint density at radius 3 is 2.40 bits per heavy atom. The van der Waals surface area contributed by atoms with Crippen LogP contribution in [-0.4, -0.2) is 18.1 Å². The molecule has 0 fully saturated rings. The molecule has 98 valence electrons. The van der Waals surface area contributed by atoms with E-state index < -0.39 is 0 Å². The minimum absolute atomic E-state index is 0.331. The first kappa shape index (κ1) is 12.4. The molecule has 0 aliphatic carbocycles. The molecule has 0 atom stereocenters. The van der Waals surface area contributed by atoms with Crippen LogP contribution in [0.3, 0.4) is 0 Å². The lowest BCUT2D eigenvalue weighted by atomic mass is 10.1. The molecule has 0 aliphatic rings. The Morgan fingerprint density at radius 2 is 1.70 bits per heavy atom. The highest BCUT2D eigenvalue weighted by Gasteiger charge is 2.06. The number of rotatable bonds is 2. The van der Waals surface area contributed by atoms with Gasteiger partial charge in [0.2, 0.25) is 0 Å². The summed E-state index contributed by atoms with van der Waals surface area (Å²) in [6.07, 6.45) is 1.86. The molecule has 0 spiro atoms. The van der Waals surface area contributed by atoms with Gasteiger partial charge >= 0.3 is 5.97 Å². The largest absolute Gasteiger partial charge is 0.465 e. The summed E-state index contributed by atoms with van der Waals surface area (Å²) in [5.74, 6) is -0.331. The molecule has 0 saturated carbocycles. The monoisotopic (exact) mass is 263 g/mol. The fourth-order valence-electron chi connectivity index (χ4n) is 2.14. The highest BCUT2D eigenvalue weighted by molar-refractivity contribution is 5.90. The zero-order valence-corrected chi connectivity index (χ0v) is 11.0. The van der Waals surface area contributed by atoms with Gasteiger partial charge in [-0.1, -0.05) is 36.4 Å². The Kier molecular flexibility index (Phi) is 3.17. The van der Waals surface area contributed by atoms with Crippen molar-refractivity contribution < 1.29 is 9.53 Å². The van der Waals surface area contributed by atoms with Crippen molar-refractivity contribution in [2.24, 2.45) is 0 Å². The fraction of sp³-hybridized carbons (Fsp3) is 0.0588. The van der Waals surface area contributed by atoms with Gasteiger partial charge in [-0.15, -0.1) is 0 Å². The molecule has 0 unspecified atom stereocenters. The van der Waals surface area contributed by atoms with Gasteiger partial charge in [0.05, 0.1) is 18.4 Å². The van der Waals surface area contributed by atoms with Crippen LogP contribution >= 0.6 is 0 Å². The highest BCUT2D eigenvalue weighted by atomic mass is 16.5. The van der Waals surface area contributed by atoms with Crippen LogP contribution in [0.5, 0.6) is 0 Å². The summed E-state index contributed by atoms with van der Waals surface area (Å²) in [7, 11) is 1.38. The van der Waals surface area contributed by atoms with Crippen LogP contribution in [-0.2, 0) is 4.74 Å². The fourth-order valence-corrected chi connectivity index (χ4v) is 2.14. The molecule has 2 aromatic carbocycles. The maximum Gasteiger partial charge on any atom is 0.337 e. The van der Waals surface area contributed by atoms with E-state index in [1.165, 1.54) is 7.11 Å². The van der Waals surface area contributed by atoms with Crippen molar-refractivity contribution in [2.75, 3.05) is 7.11 Å². The Labute approximate surface area is 116 Å². The number of hydrogen-bond acceptors (Lipinski definition) is 3. The van der Waals surface area contributed by atoms with Gasteiger partial charge in [0.15, 0.2) is 0 Å². The maximum atomic E-state index is 11.4. The number of nitrogens with zero attached hydrogens (tertiary/aromatic N) is 1. The third-order valence-corrected chi connectivity index (χ3v) is 3.23. The number of carbonyl (C=O) groups excluding carboxylic acids is 1. The number of esters is 1. The Bertz CT molecular complexity index is 763. The molecule has 0 N–H and O–H groups in total. The van der Waals surface area contributed by atoms with E-state index in [0.717, 1.165) is 22.0 Å². The minimum Gasteiger partial charge on any atom is -0.465 e. The molecule has 0 saturated heterocycles. The molecule has 3 rings (SSSR count). The van der Waals surface area contributed by atoms with Gasteiger partial charge in [0.1, 0.15) is 0 Å². The van der Waals surface area contributed by atoms with Crippen molar-refractivity contribution in [1.82, 2.24) is 4.98 Å². The molecular formula is C17H13NO2. The maximum absolute atomic E-state index is 11.4. The first-order chi connectivity index (χ1) is 9.78. The van der Waals surface area contributed by atoms with Gasteiger partial charge in [-0.05, 0) is 23.6 Å². The number of aromatic nitrogens is 1. The lowest BCUT2D eigenvalue weighted by Crippen LogP contribution is -2.00. The number of pyridine rings is 1. The number of fused-ring (bicyclic) bond motifs is 1. The van der Waals surface area contributed by atoms with Crippen LogP contribution in [0.4, 0.5) is 0 Å². The predicted molar refractivity (Wildman–Crippen MR) is 78.5 cm³/mol. The quantitative estimate of drug-likeness (QED) is 0.662. The minimum atomic E-state index is -0.331. The van der Waals surface area contributed by atoms with Crippen LogP contribution in [0.1, 0.15) is 10.4 Å². The summed E-state index contributed by atoms with van der Waals surface area (Å²) in [5.41, 5.74) is 2.40. The molecule has 3 nitrogen and oxygen atoms in total. The van der Waals surface area contributed by atoms with E-state index in [-0.39, 0.29) is 5.97 Å². The third-order valence-electron chi connectivity index (χ3n) is 3.23. The number of benzene rings is 2. The van der Waals surface area contributed by atoms with E-state index in [2.05, 4.69) is 15.8 Å². The zero-order chi connectivity index (χ0) is 13.9.